The molecule has 0 bridgehead atoms. The van der Waals surface area contributed by atoms with E-state index < -0.39 is 11.9 Å². The van der Waals surface area contributed by atoms with Gasteiger partial charge in [0.2, 0.25) is 0 Å². The van der Waals surface area contributed by atoms with Crippen LogP contribution in [0.4, 0.5) is 4.39 Å². The predicted octanol–water partition coefficient (Wildman–Crippen LogP) is 5.50. The molecule has 1 unspecified atom stereocenters. The SMILES string of the molecule is CCCCCCCCCCCOC(=O)C1CCCN1C(=O)c1cccc(F)c1. The molecule has 0 N–H and O–H groups in total. The average Bonchev–Trinajstić information content (AvgIpc) is 3.18. The van der Waals surface area contributed by atoms with Crippen molar-refractivity contribution in [2.45, 2.75) is 83.6 Å². The maximum Gasteiger partial charge on any atom is 0.328 e. The van der Waals surface area contributed by atoms with E-state index in [4.69, 9.17) is 4.74 Å². The first kappa shape index (κ1) is 22.4. The van der Waals surface area contributed by atoms with E-state index >= 15 is 0 Å². The Morgan fingerprint density at radius 1 is 1.07 bits per heavy atom. The fourth-order valence-electron chi connectivity index (χ4n) is 3.72. The van der Waals surface area contributed by atoms with Gasteiger partial charge in [0.25, 0.3) is 5.91 Å². The number of hydrogen-bond acceptors (Lipinski definition) is 3. The minimum Gasteiger partial charge on any atom is -0.464 e. The molecule has 156 valence electrons. The fourth-order valence-corrected chi connectivity index (χ4v) is 3.72. The van der Waals surface area contributed by atoms with E-state index in [9.17, 15) is 14.0 Å². The molecule has 5 heteroatoms. The number of nitrogens with zero attached hydrogens (tertiary/aromatic N) is 1. The van der Waals surface area contributed by atoms with Crippen molar-refractivity contribution >= 4 is 11.9 Å². The van der Waals surface area contributed by atoms with Crippen LogP contribution in [0.25, 0.3) is 0 Å². The first-order chi connectivity index (χ1) is 13.6. The summed E-state index contributed by atoms with van der Waals surface area (Å²) in [7, 11) is 0. The van der Waals surface area contributed by atoms with Gasteiger partial charge in [-0.05, 0) is 37.5 Å². The highest BCUT2D eigenvalue weighted by atomic mass is 19.1. The number of unbranched alkanes of at least 4 members (excludes halogenated alkanes) is 8. The van der Waals surface area contributed by atoms with Gasteiger partial charge in [-0.2, -0.15) is 0 Å². The van der Waals surface area contributed by atoms with E-state index in [1.54, 1.807) is 6.07 Å². The Morgan fingerprint density at radius 3 is 2.43 bits per heavy atom. The number of benzene rings is 1. The number of amides is 1. The Balaban J connectivity index is 1.65. The Bertz CT molecular complexity index is 620. The fraction of sp³-hybridized carbons (Fsp3) is 0.652. The lowest BCUT2D eigenvalue weighted by Crippen LogP contribution is -2.41. The van der Waals surface area contributed by atoms with Gasteiger partial charge in [0, 0.05) is 12.1 Å². The zero-order valence-corrected chi connectivity index (χ0v) is 17.1. The van der Waals surface area contributed by atoms with E-state index in [-0.39, 0.29) is 17.4 Å². The van der Waals surface area contributed by atoms with Crippen LogP contribution in [0.15, 0.2) is 24.3 Å². The van der Waals surface area contributed by atoms with Crippen molar-refractivity contribution in [1.29, 1.82) is 0 Å². The molecule has 2 rings (SSSR count). The first-order valence-corrected chi connectivity index (χ1v) is 10.9. The summed E-state index contributed by atoms with van der Waals surface area (Å²) >= 11 is 0. The molecule has 0 saturated carbocycles. The number of likely N-dealkylation sites (tertiary alicyclic amines) is 1. The van der Waals surface area contributed by atoms with Gasteiger partial charge in [-0.15, -0.1) is 0 Å². The molecule has 0 radical (unpaired) electrons. The molecule has 4 nitrogen and oxygen atoms in total. The van der Waals surface area contributed by atoms with Crippen molar-refractivity contribution in [3.8, 4) is 0 Å². The highest BCUT2D eigenvalue weighted by Gasteiger charge is 2.35. The summed E-state index contributed by atoms with van der Waals surface area (Å²) in [6, 6.07) is 5.06. The number of halogens is 1. The molecule has 1 aliphatic heterocycles. The average molecular weight is 392 g/mol. The summed E-state index contributed by atoms with van der Waals surface area (Å²) in [5, 5.41) is 0. The Hall–Kier alpha value is -1.91. The number of ether oxygens (including phenoxy) is 1. The second-order valence-electron chi connectivity index (χ2n) is 7.66. The molecule has 1 amide bonds. The van der Waals surface area contributed by atoms with Crippen LogP contribution < -0.4 is 0 Å². The van der Waals surface area contributed by atoms with Crippen LogP contribution in [0.5, 0.6) is 0 Å². The number of esters is 1. The van der Waals surface area contributed by atoms with Crippen LogP contribution >= 0.6 is 0 Å². The van der Waals surface area contributed by atoms with Crippen LogP contribution in [-0.2, 0) is 9.53 Å². The van der Waals surface area contributed by atoms with Gasteiger partial charge in [0.05, 0.1) is 6.61 Å². The molecule has 0 spiro atoms. The van der Waals surface area contributed by atoms with E-state index in [0.717, 1.165) is 19.3 Å². The van der Waals surface area contributed by atoms with Crippen LogP contribution in [0, 0.1) is 5.82 Å². The van der Waals surface area contributed by atoms with Crippen molar-refractivity contribution in [1.82, 2.24) is 4.90 Å². The van der Waals surface area contributed by atoms with Crippen molar-refractivity contribution in [2.24, 2.45) is 0 Å². The smallest absolute Gasteiger partial charge is 0.328 e. The molecular weight excluding hydrogens is 357 g/mol. The van der Waals surface area contributed by atoms with E-state index in [2.05, 4.69) is 6.92 Å². The summed E-state index contributed by atoms with van der Waals surface area (Å²) in [5.74, 6) is -1.08. The van der Waals surface area contributed by atoms with E-state index in [0.29, 0.717) is 19.6 Å². The maximum atomic E-state index is 13.4. The quantitative estimate of drug-likeness (QED) is 0.349. The molecule has 1 aromatic carbocycles. The number of rotatable bonds is 12. The third-order valence-corrected chi connectivity index (χ3v) is 5.35. The maximum absolute atomic E-state index is 13.4. The Morgan fingerprint density at radius 2 is 1.75 bits per heavy atom. The molecule has 1 fully saturated rings. The van der Waals surface area contributed by atoms with Gasteiger partial charge < -0.3 is 9.64 Å². The number of carbonyl (C=O) groups is 2. The number of hydrogen-bond donors (Lipinski definition) is 0. The van der Waals surface area contributed by atoms with Crippen LogP contribution in [0.1, 0.15) is 87.9 Å². The molecule has 1 aliphatic rings. The van der Waals surface area contributed by atoms with Crippen molar-refractivity contribution in [2.75, 3.05) is 13.2 Å². The summed E-state index contributed by atoms with van der Waals surface area (Å²) in [5.41, 5.74) is 0.277. The molecule has 1 aromatic rings. The first-order valence-electron chi connectivity index (χ1n) is 10.9. The summed E-state index contributed by atoms with van der Waals surface area (Å²) in [4.78, 5) is 26.5. The normalized spacial score (nSPS) is 16.4. The third kappa shape index (κ3) is 7.25. The van der Waals surface area contributed by atoms with Crippen LogP contribution in [0.3, 0.4) is 0 Å². The topological polar surface area (TPSA) is 46.6 Å². The second-order valence-corrected chi connectivity index (χ2v) is 7.66. The minimum atomic E-state index is -0.547. The lowest BCUT2D eigenvalue weighted by molar-refractivity contribution is -0.148. The number of carbonyl (C=O) groups excluding carboxylic acids is 2. The summed E-state index contributed by atoms with van der Waals surface area (Å²) in [6.07, 6.45) is 12.3. The highest BCUT2D eigenvalue weighted by molar-refractivity contribution is 5.97. The van der Waals surface area contributed by atoms with E-state index in [1.807, 2.05) is 0 Å². The largest absolute Gasteiger partial charge is 0.464 e. The summed E-state index contributed by atoms with van der Waals surface area (Å²) in [6.45, 7) is 3.14. The van der Waals surface area contributed by atoms with Gasteiger partial charge in [-0.3, -0.25) is 4.79 Å². The summed E-state index contributed by atoms with van der Waals surface area (Å²) < 4.78 is 18.8. The lowest BCUT2D eigenvalue weighted by Gasteiger charge is -2.23. The van der Waals surface area contributed by atoms with Crippen LogP contribution in [0.2, 0.25) is 0 Å². The molecule has 0 aromatic heterocycles. The van der Waals surface area contributed by atoms with Crippen molar-refractivity contribution < 1.29 is 18.7 Å². The Kier molecular flexibility index (Phi) is 10.0. The zero-order valence-electron chi connectivity index (χ0n) is 17.1. The Labute approximate surface area is 168 Å². The molecular formula is C23H34FNO3. The minimum absolute atomic E-state index is 0.277. The molecule has 0 aliphatic carbocycles. The molecule has 28 heavy (non-hydrogen) atoms. The van der Waals surface area contributed by atoms with Gasteiger partial charge >= 0.3 is 5.97 Å². The molecule has 1 heterocycles. The molecule has 1 saturated heterocycles. The van der Waals surface area contributed by atoms with Crippen LogP contribution in [-0.4, -0.2) is 36.0 Å². The highest BCUT2D eigenvalue weighted by Crippen LogP contribution is 2.22. The predicted molar refractivity (Wildman–Crippen MR) is 109 cm³/mol. The zero-order chi connectivity index (χ0) is 20.2. The van der Waals surface area contributed by atoms with Gasteiger partial charge in [-0.25, -0.2) is 9.18 Å². The van der Waals surface area contributed by atoms with Gasteiger partial charge in [-0.1, -0.05) is 64.4 Å². The lowest BCUT2D eigenvalue weighted by atomic mass is 10.1. The van der Waals surface area contributed by atoms with Gasteiger partial charge in [0.15, 0.2) is 0 Å². The van der Waals surface area contributed by atoms with Crippen molar-refractivity contribution in [3.05, 3.63) is 35.6 Å². The second kappa shape index (κ2) is 12.5. The van der Waals surface area contributed by atoms with Crippen molar-refractivity contribution in [3.63, 3.8) is 0 Å². The standard InChI is InChI=1S/C23H34FNO3/c1-2-3-4-5-6-7-8-9-10-17-28-23(27)21-15-12-16-25(21)22(26)19-13-11-14-20(24)18-19/h11,13-14,18,21H,2-10,12,15-17H2,1H3. The van der Waals surface area contributed by atoms with E-state index in [1.165, 1.54) is 68.0 Å². The molecule has 1 atom stereocenters. The third-order valence-electron chi connectivity index (χ3n) is 5.35. The monoisotopic (exact) mass is 391 g/mol. The van der Waals surface area contributed by atoms with Gasteiger partial charge in [0.1, 0.15) is 11.9 Å².